The maximum Gasteiger partial charge on any atom is 0.269 e. The number of aliphatic hydroxyl groups excluding tert-OH is 1. The van der Waals surface area contributed by atoms with Crippen LogP contribution in [-0.2, 0) is 19.3 Å². The van der Waals surface area contributed by atoms with Crippen LogP contribution < -0.4 is 43.3 Å². The Hall–Kier alpha value is -4.90. The van der Waals surface area contributed by atoms with Gasteiger partial charge in [-0.1, -0.05) is 57.2 Å². The van der Waals surface area contributed by atoms with Crippen LogP contribution in [0.25, 0.3) is 0 Å². The molecule has 0 radical (unpaired) electrons. The number of hydrogen-bond acceptors (Lipinski definition) is 18. The first kappa shape index (κ1) is 73.1. The largest absolute Gasteiger partial charge is 0.395 e. The van der Waals surface area contributed by atoms with E-state index in [1.54, 1.807) is 36.4 Å². The van der Waals surface area contributed by atoms with Crippen molar-refractivity contribution in [1.29, 1.82) is 0 Å². The zero-order chi connectivity index (χ0) is 64.7. The van der Waals surface area contributed by atoms with E-state index in [1.807, 2.05) is 19.1 Å². The van der Waals surface area contributed by atoms with Crippen LogP contribution >= 0.6 is 0 Å². The highest BCUT2D eigenvalue weighted by Crippen LogP contribution is 2.16. The second-order valence-electron chi connectivity index (χ2n) is 18.2. The maximum absolute atomic E-state index is 10.7. The number of nitrogens with two attached hydrogens (primary N) is 2. The predicted molar refractivity (Wildman–Crippen MR) is 321 cm³/mol. The highest BCUT2D eigenvalue weighted by molar-refractivity contribution is 5.34. The normalized spacial score (nSPS) is 12.4. The van der Waals surface area contributed by atoms with Crippen LogP contribution in [0.15, 0.2) is 72.8 Å². The van der Waals surface area contributed by atoms with Gasteiger partial charge in [0.2, 0.25) is 0 Å². The summed E-state index contributed by atoms with van der Waals surface area (Å²) in [6, 6.07) is 19.3. The van der Waals surface area contributed by atoms with Crippen LogP contribution in [0.1, 0.15) is 50.3 Å². The fraction of sp³-hybridized carbons (Fsp3) is 0.673. The first-order valence-electron chi connectivity index (χ1n) is 28.8. The van der Waals surface area contributed by atoms with Crippen molar-refractivity contribution in [2.45, 2.75) is 65.0 Å². The molecule has 11 N–H and O–H groups in total. The van der Waals surface area contributed by atoms with Crippen LogP contribution in [0.2, 0.25) is 5.65 Å². The molecule has 0 aromatic heterocycles. The number of non-ortho nitro benzene ring substituents is 3. The van der Waals surface area contributed by atoms with Crippen LogP contribution in [0, 0.1) is 36.3 Å². The first-order chi connectivity index (χ1) is 40.3. The fourth-order valence-electron chi connectivity index (χ4n) is 7.25. The lowest BCUT2D eigenvalue weighted by Gasteiger charge is -2.26. The molecular formula is C55H104F4N14O7. The smallest absolute Gasteiger partial charge is 0.269 e. The Morgan fingerprint density at radius 3 is 1.27 bits per heavy atom. The fourth-order valence-corrected chi connectivity index (χ4v) is 7.25. The van der Waals surface area contributed by atoms with E-state index >= 15 is 0 Å². The molecule has 3 aromatic carbocycles. The molecule has 0 spiro atoms. The summed E-state index contributed by atoms with van der Waals surface area (Å²) in [7, 11) is 8.54. The zero-order valence-corrected chi connectivity index (χ0v) is 49.6. The molecule has 464 valence electrons. The first-order valence-corrected chi connectivity index (χ1v) is 26.9. The summed E-state index contributed by atoms with van der Waals surface area (Å²) in [4.78, 5) is 37.9. The van der Waals surface area contributed by atoms with Gasteiger partial charge in [0, 0.05) is 153 Å². The molecule has 0 aliphatic rings. The van der Waals surface area contributed by atoms with E-state index in [-0.39, 0.29) is 40.7 Å². The number of likely N-dealkylation sites (N-methyl/N-ethyl adjacent to an activating group) is 3. The Labute approximate surface area is 482 Å². The van der Waals surface area contributed by atoms with Gasteiger partial charge in [0.1, 0.15) is 5.65 Å². The van der Waals surface area contributed by atoms with Crippen molar-refractivity contribution >= 4 is 17.1 Å². The number of alkyl halides is 4. The topological polar surface area (TPSA) is 284 Å². The van der Waals surface area contributed by atoms with E-state index in [0.29, 0.717) is 99.8 Å². The van der Waals surface area contributed by atoms with Crippen molar-refractivity contribution in [2.24, 2.45) is 17.4 Å². The van der Waals surface area contributed by atoms with Crippen molar-refractivity contribution in [2.75, 3.05) is 174 Å². The van der Waals surface area contributed by atoms with Gasteiger partial charge >= 0.3 is 0 Å². The van der Waals surface area contributed by atoms with Gasteiger partial charge in [-0.25, -0.2) is 0 Å². The van der Waals surface area contributed by atoms with Crippen LogP contribution in [-0.4, -0.2) is 221 Å². The molecule has 0 aliphatic heterocycles. The summed E-state index contributed by atoms with van der Waals surface area (Å²) in [6.07, 6.45) is 4.21. The van der Waals surface area contributed by atoms with E-state index in [1.165, 1.54) is 46.6 Å². The third-order valence-electron chi connectivity index (χ3n) is 11.2. The lowest BCUT2D eigenvalue weighted by atomic mass is 10.0. The van der Waals surface area contributed by atoms with Gasteiger partial charge in [-0.05, 0) is 88.9 Å². The predicted octanol–water partition coefficient (Wildman–Crippen LogP) is 5.19. The van der Waals surface area contributed by atoms with E-state index in [0.717, 1.165) is 95.0 Å². The lowest BCUT2D eigenvalue weighted by Crippen LogP contribution is -2.39. The number of benzene rings is 3. The Bertz CT molecular complexity index is 1980. The molecule has 0 aliphatic carbocycles. The minimum absolute atomic E-state index is 0.0250. The maximum atomic E-state index is 10.7. The monoisotopic (exact) mass is 1160 g/mol. The summed E-state index contributed by atoms with van der Waals surface area (Å²) in [5.74, 6) is 0.516. The minimum atomic E-state index is -0.454. The van der Waals surface area contributed by atoms with E-state index < -0.39 is 9.85 Å². The summed E-state index contributed by atoms with van der Waals surface area (Å²) in [5.41, 5.74) is 11.8. The number of nitrogens with zero attached hydrogens (tertiary/aromatic N) is 6. The molecule has 0 bridgehead atoms. The van der Waals surface area contributed by atoms with Gasteiger partial charge < -0.3 is 63.1 Å². The molecule has 3 aromatic rings. The number of aliphatic hydroxyl groups is 1. The zero-order valence-electron chi connectivity index (χ0n) is 53.6. The van der Waals surface area contributed by atoms with Crippen molar-refractivity contribution in [3.8, 4) is 0 Å². The van der Waals surface area contributed by atoms with Gasteiger partial charge in [0.05, 0.1) is 50.1 Å². The number of hydrogen-bond donors (Lipinski definition) is 9. The second kappa shape index (κ2) is 58.7. The summed E-state index contributed by atoms with van der Waals surface area (Å²) >= 11 is 0. The van der Waals surface area contributed by atoms with Gasteiger partial charge in [-0.3, -0.25) is 47.9 Å². The number of rotatable bonds is 40. The minimum Gasteiger partial charge on any atom is -0.395 e. The molecule has 0 saturated heterocycles. The van der Waals surface area contributed by atoms with E-state index in [2.05, 4.69) is 71.4 Å². The Kier molecular flexibility index (Phi) is 53.7. The number of nitrogens with one attached hydrogen (secondary N) is 6. The van der Waals surface area contributed by atoms with Gasteiger partial charge in [-0.2, -0.15) is 0 Å². The van der Waals surface area contributed by atoms with Crippen LogP contribution in [0.4, 0.5) is 34.6 Å². The Morgan fingerprint density at radius 2 is 0.875 bits per heavy atom. The van der Waals surface area contributed by atoms with E-state index in [9.17, 15) is 47.9 Å². The molecule has 80 heavy (non-hydrogen) atoms. The molecule has 3 atom stereocenters. The molecule has 25 heteroatoms. The lowest BCUT2D eigenvalue weighted by molar-refractivity contribution is -0.385. The second-order valence-corrected chi connectivity index (χ2v) is 18.2. The average Bonchev–Trinajstić information content (AvgIpc) is 3.51. The molecule has 0 saturated carbocycles. The van der Waals surface area contributed by atoms with Crippen LogP contribution in [0.3, 0.4) is 0 Å². The molecule has 0 amide bonds. The van der Waals surface area contributed by atoms with Gasteiger partial charge in [0.25, 0.3) is 17.1 Å². The van der Waals surface area contributed by atoms with Crippen molar-refractivity contribution in [3.05, 3.63) is 120 Å². The highest BCUT2D eigenvalue weighted by atomic mass is 19.1. The van der Waals surface area contributed by atoms with Crippen molar-refractivity contribution in [3.63, 3.8) is 0 Å². The van der Waals surface area contributed by atoms with Gasteiger partial charge in [-0.15, -0.1) is 0 Å². The summed E-state index contributed by atoms with van der Waals surface area (Å²) in [6.45, 7) is 20.5. The SMILES string of the molecule is CCCN(C)CCN(C)CCN(C)CC(C)Cc1ccc([N+](=O)[O-])cc1.CF.CF.CF.CF.NC(CNCCNCCNCCO)Cc1ccc([N+](=O)[O-])cc1.[3H]NC(Cc1ccc([N+](=O)[O-])cc1)CN([3H])CCN([3H])CCN([3H])CCC. The number of halogens is 4. The van der Waals surface area contributed by atoms with E-state index in [4.69, 9.17) is 16.5 Å². The third kappa shape index (κ3) is 49.0. The molecule has 3 rings (SSSR count). The number of nitro benzene ring substituents is 3. The highest BCUT2D eigenvalue weighted by Gasteiger charge is 2.12. The Balaban J connectivity index is -0.000000539. The van der Waals surface area contributed by atoms with Gasteiger partial charge in [0.15, 0.2) is 0 Å². The third-order valence-corrected chi connectivity index (χ3v) is 11.2. The summed E-state index contributed by atoms with van der Waals surface area (Å²) in [5, 5.41) is 54.3. The van der Waals surface area contributed by atoms with Crippen LogP contribution in [0.5, 0.6) is 0 Å². The molecule has 0 heterocycles. The Morgan fingerprint density at radius 1 is 0.512 bits per heavy atom. The molecule has 0 fully saturated rings. The average molecular weight is 1160 g/mol. The van der Waals surface area contributed by atoms with Crippen molar-refractivity contribution in [1.82, 2.24) is 46.6 Å². The standard InChI is InChI=1S/C20H36N4O2.C16H29N5O2.C15H27N5O3.4CH3F/c1-6-11-21(3)12-13-22(4)14-15-23(5)17-18(2)16-19-7-9-20(10-8-19)24(25)26;1-2-7-18-8-9-19-10-11-20-13-15(17)12-14-3-5-16(6-4-14)21(22)23;16-14(11-13-1-3-15(4-2-13)20(22)23)12-19-8-7-17-5-6-18-9-10-21;4*1-2/h7-10,18H,6,11-17H2,1-5H3;3-6,15,18-20H,2,7-13,17H2,1H3;1-4,14,17-19,21H,5-12,16H2;4*1H3/i/hT4. The molecule has 3 unspecified atom stereocenters. The molecule has 21 nitrogen and oxygen atoms in total. The number of nitro groups is 3. The summed E-state index contributed by atoms with van der Waals surface area (Å²) < 4.78 is 69.0. The quantitative estimate of drug-likeness (QED) is 0.0153. The van der Waals surface area contributed by atoms with Crippen molar-refractivity contribution < 1.29 is 43.1 Å². The molecular weight excluding hydrogens is 1040 g/mol.